The largest absolute Gasteiger partial charge is 0.309 e. The third kappa shape index (κ3) is 3.76. The summed E-state index contributed by atoms with van der Waals surface area (Å²) >= 11 is 8.11. The van der Waals surface area contributed by atoms with Gasteiger partial charge in [0.1, 0.15) is 0 Å². The standard InChI is InChI=1S/C13H22ClNS/c1-4-6-7-8-11(15-5-2)13-12(14)10(3)9-16-13/h9,11,15H,4-8H2,1-3H3. The van der Waals surface area contributed by atoms with Gasteiger partial charge >= 0.3 is 0 Å². The van der Waals surface area contributed by atoms with Gasteiger partial charge in [0, 0.05) is 10.9 Å². The highest BCUT2D eigenvalue weighted by atomic mass is 35.5. The molecular weight excluding hydrogens is 238 g/mol. The van der Waals surface area contributed by atoms with E-state index >= 15 is 0 Å². The number of hydrogen-bond acceptors (Lipinski definition) is 2. The minimum absolute atomic E-state index is 0.447. The Labute approximate surface area is 108 Å². The molecule has 1 nitrogen and oxygen atoms in total. The van der Waals surface area contributed by atoms with E-state index in [1.165, 1.54) is 36.1 Å². The van der Waals surface area contributed by atoms with Gasteiger partial charge in [-0.1, -0.05) is 44.7 Å². The van der Waals surface area contributed by atoms with Crippen molar-refractivity contribution in [3.8, 4) is 0 Å². The van der Waals surface area contributed by atoms with E-state index < -0.39 is 0 Å². The Balaban J connectivity index is 2.65. The number of nitrogens with one attached hydrogen (secondary N) is 1. The Morgan fingerprint density at radius 3 is 2.62 bits per heavy atom. The molecule has 1 heterocycles. The number of thiophene rings is 1. The molecule has 0 amide bonds. The van der Waals surface area contributed by atoms with Crippen LogP contribution in [0.1, 0.15) is 56.0 Å². The van der Waals surface area contributed by atoms with Crippen molar-refractivity contribution in [2.75, 3.05) is 6.54 Å². The van der Waals surface area contributed by atoms with Crippen LogP contribution in [-0.2, 0) is 0 Å². The molecule has 0 radical (unpaired) electrons. The predicted octanol–water partition coefficient (Wildman–Crippen LogP) is 4.94. The summed E-state index contributed by atoms with van der Waals surface area (Å²) in [5.41, 5.74) is 1.21. The van der Waals surface area contributed by atoms with Crippen LogP contribution in [0.25, 0.3) is 0 Å². The lowest BCUT2D eigenvalue weighted by Crippen LogP contribution is -2.20. The SMILES string of the molecule is CCCCCC(NCC)c1scc(C)c1Cl. The Kier molecular flexibility index (Phi) is 6.40. The molecule has 16 heavy (non-hydrogen) atoms. The molecular formula is C13H22ClNS. The molecule has 1 rings (SSSR count). The lowest BCUT2D eigenvalue weighted by atomic mass is 10.1. The van der Waals surface area contributed by atoms with E-state index in [1.54, 1.807) is 11.3 Å². The van der Waals surface area contributed by atoms with Crippen LogP contribution in [0.5, 0.6) is 0 Å². The summed E-state index contributed by atoms with van der Waals surface area (Å²) in [7, 11) is 0. The molecule has 0 aliphatic heterocycles. The van der Waals surface area contributed by atoms with Crippen molar-refractivity contribution in [3.63, 3.8) is 0 Å². The van der Waals surface area contributed by atoms with Gasteiger partial charge in [-0.25, -0.2) is 0 Å². The zero-order valence-corrected chi connectivity index (χ0v) is 12.0. The van der Waals surface area contributed by atoms with Crippen molar-refractivity contribution in [2.24, 2.45) is 0 Å². The highest BCUT2D eigenvalue weighted by molar-refractivity contribution is 7.10. The van der Waals surface area contributed by atoms with E-state index in [0.717, 1.165) is 11.6 Å². The second-order valence-electron chi connectivity index (χ2n) is 4.20. The van der Waals surface area contributed by atoms with Gasteiger partial charge in [-0.2, -0.15) is 0 Å². The molecule has 1 aromatic heterocycles. The Hall–Kier alpha value is -0.0500. The molecule has 0 fully saturated rings. The monoisotopic (exact) mass is 259 g/mol. The van der Waals surface area contributed by atoms with E-state index in [0.29, 0.717) is 6.04 Å². The van der Waals surface area contributed by atoms with Crippen molar-refractivity contribution < 1.29 is 0 Å². The maximum absolute atomic E-state index is 6.32. The van der Waals surface area contributed by atoms with Crippen molar-refractivity contribution in [1.29, 1.82) is 0 Å². The van der Waals surface area contributed by atoms with Crippen molar-refractivity contribution in [3.05, 3.63) is 20.8 Å². The first kappa shape index (κ1) is 14.0. The minimum atomic E-state index is 0.447. The fourth-order valence-electron chi connectivity index (χ4n) is 1.86. The molecule has 0 aliphatic carbocycles. The van der Waals surface area contributed by atoms with Gasteiger partial charge in [-0.05, 0) is 30.8 Å². The number of rotatable bonds is 7. The average molecular weight is 260 g/mol. The Bertz CT molecular complexity index is 309. The quantitative estimate of drug-likeness (QED) is 0.684. The zero-order chi connectivity index (χ0) is 12.0. The smallest absolute Gasteiger partial charge is 0.0590 e. The zero-order valence-electron chi connectivity index (χ0n) is 10.5. The van der Waals surface area contributed by atoms with Crippen molar-refractivity contribution in [1.82, 2.24) is 5.32 Å². The summed E-state index contributed by atoms with van der Waals surface area (Å²) < 4.78 is 0. The number of aryl methyl sites for hydroxylation is 1. The molecule has 92 valence electrons. The third-order valence-electron chi connectivity index (χ3n) is 2.79. The predicted molar refractivity (Wildman–Crippen MR) is 74.6 cm³/mol. The maximum atomic E-state index is 6.32. The van der Waals surface area contributed by atoms with Crippen LogP contribution < -0.4 is 5.32 Å². The summed E-state index contributed by atoms with van der Waals surface area (Å²) in [4.78, 5) is 1.32. The molecule has 0 spiro atoms. The number of unbranched alkanes of at least 4 members (excludes halogenated alkanes) is 2. The van der Waals surface area contributed by atoms with Crippen LogP contribution in [0.15, 0.2) is 5.38 Å². The molecule has 0 aromatic carbocycles. The minimum Gasteiger partial charge on any atom is -0.309 e. The molecule has 0 aliphatic rings. The summed E-state index contributed by atoms with van der Waals surface area (Å²) in [6.07, 6.45) is 5.06. The van der Waals surface area contributed by atoms with Crippen LogP contribution in [-0.4, -0.2) is 6.54 Å². The van der Waals surface area contributed by atoms with Gasteiger partial charge in [-0.15, -0.1) is 11.3 Å². The van der Waals surface area contributed by atoms with E-state index in [1.807, 2.05) is 0 Å². The summed E-state index contributed by atoms with van der Waals surface area (Å²) in [5, 5.41) is 6.66. The van der Waals surface area contributed by atoms with Crippen LogP contribution >= 0.6 is 22.9 Å². The molecule has 3 heteroatoms. The van der Waals surface area contributed by atoms with E-state index in [-0.39, 0.29) is 0 Å². The number of hydrogen-bond donors (Lipinski definition) is 1. The van der Waals surface area contributed by atoms with Gasteiger partial charge in [0.05, 0.1) is 5.02 Å². The topological polar surface area (TPSA) is 12.0 Å². The van der Waals surface area contributed by atoms with E-state index in [2.05, 4.69) is 31.5 Å². The highest BCUT2D eigenvalue weighted by Gasteiger charge is 2.16. The van der Waals surface area contributed by atoms with Crippen molar-refractivity contribution >= 4 is 22.9 Å². The Morgan fingerprint density at radius 1 is 1.38 bits per heavy atom. The number of halogens is 1. The fraction of sp³-hybridized carbons (Fsp3) is 0.692. The third-order valence-corrected chi connectivity index (χ3v) is 4.62. The van der Waals surface area contributed by atoms with Crippen LogP contribution in [0, 0.1) is 6.92 Å². The first-order valence-electron chi connectivity index (χ1n) is 6.17. The summed E-state index contributed by atoms with van der Waals surface area (Å²) in [6, 6.07) is 0.447. The van der Waals surface area contributed by atoms with Gasteiger partial charge in [0.2, 0.25) is 0 Å². The molecule has 0 saturated heterocycles. The molecule has 0 bridgehead atoms. The van der Waals surface area contributed by atoms with Crippen LogP contribution in [0.4, 0.5) is 0 Å². The van der Waals surface area contributed by atoms with Crippen LogP contribution in [0.3, 0.4) is 0 Å². The van der Waals surface area contributed by atoms with Gasteiger partial charge in [0.25, 0.3) is 0 Å². The average Bonchev–Trinajstić information content (AvgIpc) is 2.59. The second kappa shape index (κ2) is 7.31. The van der Waals surface area contributed by atoms with Crippen LogP contribution in [0.2, 0.25) is 5.02 Å². The summed E-state index contributed by atoms with van der Waals surface area (Å²) in [6.45, 7) is 7.48. The summed E-state index contributed by atoms with van der Waals surface area (Å²) in [5.74, 6) is 0. The molecule has 1 atom stereocenters. The first-order valence-corrected chi connectivity index (χ1v) is 7.43. The maximum Gasteiger partial charge on any atom is 0.0590 e. The highest BCUT2D eigenvalue weighted by Crippen LogP contribution is 2.34. The normalized spacial score (nSPS) is 13.0. The molecule has 0 saturated carbocycles. The Morgan fingerprint density at radius 2 is 2.12 bits per heavy atom. The van der Waals surface area contributed by atoms with Gasteiger partial charge < -0.3 is 5.32 Å². The lowest BCUT2D eigenvalue weighted by molar-refractivity contribution is 0.493. The first-order chi connectivity index (χ1) is 7.70. The van der Waals surface area contributed by atoms with E-state index in [4.69, 9.17) is 11.6 Å². The fourth-order valence-corrected chi connectivity index (χ4v) is 3.29. The lowest BCUT2D eigenvalue weighted by Gasteiger charge is -2.17. The van der Waals surface area contributed by atoms with Gasteiger partial charge in [0.15, 0.2) is 0 Å². The van der Waals surface area contributed by atoms with Crippen molar-refractivity contribution in [2.45, 2.75) is 52.5 Å². The molecule has 1 aromatic rings. The molecule has 1 N–H and O–H groups in total. The van der Waals surface area contributed by atoms with Gasteiger partial charge in [-0.3, -0.25) is 0 Å². The molecule has 1 unspecified atom stereocenters. The second-order valence-corrected chi connectivity index (χ2v) is 5.49. The van der Waals surface area contributed by atoms with E-state index in [9.17, 15) is 0 Å².